The summed E-state index contributed by atoms with van der Waals surface area (Å²) < 4.78 is 0. The van der Waals surface area contributed by atoms with Gasteiger partial charge in [0.2, 0.25) is 0 Å². The highest BCUT2D eigenvalue weighted by atomic mass is 15.1. The van der Waals surface area contributed by atoms with E-state index in [-0.39, 0.29) is 0 Å². The van der Waals surface area contributed by atoms with Crippen molar-refractivity contribution in [2.45, 2.75) is 0 Å². The number of benzene rings is 2. The minimum Gasteiger partial charge on any atom is -0.397 e. The Morgan fingerprint density at radius 2 is 1.79 bits per heavy atom. The van der Waals surface area contributed by atoms with Crippen molar-refractivity contribution in [3.05, 3.63) is 42.5 Å². The monoisotopic (exact) mass is 249 g/mol. The summed E-state index contributed by atoms with van der Waals surface area (Å²) in [6.07, 6.45) is 0. The van der Waals surface area contributed by atoms with Crippen molar-refractivity contribution in [3.8, 4) is 11.5 Å². The molecule has 0 fully saturated rings. The van der Waals surface area contributed by atoms with Gasteiger partial charge in [-0.3, -0.25) is 5.10 Å². The Morgan fingerprint density at radius 1 is 0.947 bits per heavy atom. The van der Waals surface area contributed by atoms with Crippen LogP contribution < -0.4 is 5.73 Å². The first-order valence-electron chi connectivity index (χ1n) is 6.00. The predicted octanol–water partition coefficient (Wildman–Crippen LogP) is 2.69. The molecule has 5 heteroatoms. The lowest BCUT2D eigenvalue weighted by molar-refractivity contribution is 1.11. The molecule has 0 atom stereocenters. The van der Waals surface area contributed by atoms with Crippen LogP contribution in [-0.2, 0) is 0 Å². The fourth-order valence-corrected chi connectivity index (χ4v) is 2.31. The van der Waals surface area contributed by atoms with Crippen LogP contribution in [0.2, 0.25) is 0 Å². The van der Waals surface area contributed by atoms with Crippen LogP contribution >= 0.6 is 0 Å². The van der Waals surface area contributed by atoms with E-state index in [1.807, 2.05) is 42.5 Å². The topological polar surface area (TPSA) is 83.4 Å². The number of H-pyrrole nitrogens is 2. The van der Waals surface area contributed by atoms with Crippen molar-refractivity contribution in [3.63, 3.8) is 0 Å². The number of nitrogens with two attached hydrogens (primary N) is 1. The molecule has 0 aliphatic rings. The Labute approximate surface area is 108 Å². The summed E-state index contributed by atoms with van der Waals surface area (Å²) in [5, 5.41) is 8.38. The molecule has 2 heterocycles. The predicted molar refractivity (Wildman–Crippen MR) is 75.6 cm³/mol. The van der Waals surface area contributed by atoms with E-state index >= 15 is 0 Å². The molecule has 0 aliphatic heterocycles. The van der Waals surface area contributed by atoms with Crippen molar-refractivity contribution in [2.24, 2.45) is 0 Å². The van der Waals surface area contributed by atoms with E-state index in [4.69, 9.17) is 5.73 Å². The fourth-order valence-electron chi connectivity index (χ4n) is 2.31. The number of anilines is 1. The molecule has 4 N–H and O–H groups in total. The molecule has 2 aromatic carbocycles. The maximum Gasteiger partial charge on any atom is 0.159 e. The van der Waals surface area contributed by atoms with Gasteiger partial charge in [0.15, 0.2) is 5.82 Å². The van der Waals surface area contributed by atoms with Gasteiger partial charge in [-0.1, -0.05) is 24.3 Å². The first-order valence-corrected chi connectivity index (χ1v) is 6.00. The van der Waals surface area contributed by atoms with E-state index in [1.54, 1.807) is 0 Å². The molecule has 0 bridgehead atoms. The zero-order valence-electron chi connectivity index (χ0n) is 10.0. The van der Waals surface area contributed by atoms with Gasteiger partial charge in [-0.25, -0.2) is 4.98 Å². The number of hydrogen-bond acceptors (Lipinski definition) is 3. The summed E-state index contributed by atoms with van der Waals surface area (Å²) in [7, 11) is 0. The van der Waals surface area contributed by atoms with E-state index in [0.29, 0.717) is 5.69 Å². The molecule has 0 amide bonds. The van der Waals surface area contributed by atoms with E-state index in [9.17, 15) is 0 Å². The van der Waals surface area contributed by atoms with Gasteiger partial charge in [0.05, 0.1) is 16.7 Å². The van der Waals surface area contributed by atoms with Crippen molar-refractivity contribution in [1.82, 2.24) is 20.2 Å². The van der Waals surface area contributed by atoms with Crippen LogP contribution in [0.1, 0.15) is 0 Å². The van der Waals surface area contributed by atoms with E-state index in [1.165, 1.54) is 0 Å². The fraction of sp³-hybridized carbons (Fsp3) is 0. The Kier molecular flexibility index (Phi) is 1.91. The summed E-state index contributed by atoms with van der Waals surface area (Å²) in [5.74, 6) is 0.727. The molecule has 0 aliphatic carbocycles. The van der Waals surface area contributed by atoms with Gasteiger partial charge in [0, 0.05) is 5.39 Å². The van der Waals surface area contributed by atoms with E-state index in [2.05, 4.69) is 20.2 Å². The minimum absolute atomic E-state index is 0.667. The number of aromatic amines is 2. The lowest BCUT2D eigenvalue weighted by atomic mass is 10.2. The minimum atomic E-state index is 0.667. The molecule has 0 spiro atoms. The number of rotatable bonds is 1. The second-order valence-electron chi connectivity index (χ2n) is 4.45. The smallest absolute Gasteiger partial charge is 0.159 e. The van der Waals surface area contributed by atoms with E-state index < -0.39 is 0 Å². The highest BCUT2D eigenvalue weighted by Gasteiger charge is 2.12. The number of aromatic nitrogens is 4. The van der Waals surface area contributed by atoms with Crippen molar-refractivity contribution >= 4 is 27.6 Å². The van der Waals surface area contributed by atoms with Crippen molar-refractivity contribution < 1.29 is 0 Å². The summed E-state index contributed by atoms with van der Waals surface area (Å²) >= 11 is 0. The lowest BCUT2D eigenvalue weighted by Crippen LogP contribution is -1.85. The summed E-state index contributed by atoms with van der Waals surface area (Å²) in [6.45, 7) is 0. The van der Waals surface area contributed by atoms with Gasteiger partial charge in [-0.05, 0) is 18.2 Å². The van der Waals surface area contributed by atoms with Crippen LogP contribution in [-0.4, -0.2) is 20.2 Å². The lowest BCUT2D eigenvalue weighted by Gasteiger charge is -1.91. The molecule has 0 radical (unpaired) electrons. The molecular formula is C14H11N5. The third kappa shape index (κ3) is 1.41. The molecule has 5 nitrogen and oxygen atoms in total. The maximum absolute atomic E-state index is 5.92. The van der Waals surface area contributed by atoms with E-state index in [0.717, 1.165) is 33.5 Å². The summed E-state index contributed by atoms with van der Waals surface area (Å²) in [4.78, 5) is 7.80. The quantitative estimate of drug-likeness (QED) is 0.453. The number of para-hydroxylation sites is 2. The normalized spacial score (nSPS) is 11.4. The van der Waals surface area contributed by atoms with Gasteiger partial charge in [-0.15, -0.1) is 0 Å². The van der Waals surface area contributed by atoms with Crippen LogP contribution in [0.15, 0.2) is 42.5 Å². The first-order chi connectivity index (χ1) is 9.33. The molecule has 2 aromatic heterocycles. The van der Waals surface area contributed by atoms with Crippen molar-refractivity contribution in [2.75, 3.05) is 5.73 Å². The van der Waals surface area contributed by atoms with Crippen LogP contribution in [0.25, 0.3) is 33.5 Å². The first kappa shape index (κ1) is 10.1. The SMILES string of the molecule is Nc1cccc2[nH]c(-c3n[nH]c4ccccc34)nc12. The van der Waals surface area contributed by atoms with Gasteiger partial charge >= 0.3 is 0 Å². The van der Waals surface area contributed by atoms with Gasteiger partial charge in [0.1, 0.15) is 11.2 Å². The molecule has 4 aromatic rings. The van der Waals surface area contributed by atoms with Crippen LogP contribution in [0, 0.1) is 0 Å². The highest BCUT2D eigenvalue weighted by Crippen LogP contribution is 2.27. The summed E-state index contributed by atoms with van der Waals surface area (Å²) in [5.41, 5.74) is 10.1. The highest BCUT2D eigenvalue weighted by molar-refractivity contribution is 5.95. The maximum atomic E-state index is 5.92. The number of nitrogen functional groups attached to an aromatic ring is 1. The van der Waals surface area contributed by atoms with Crippen LogP contribution in [0.5, 0.6) is 0 Å². The van der Waals surface area contributed by atoms with Crippen LogP contribution in [0.3, 0.4) is 0 Å². The molecule has 0 saturated carbocycles. The standard InChI is InChI=1S/C14H11N5/c15-9-5-3-7-11-13(9)17-14(16-11)12-8-4-1-2-6-10(8)18-19-12/h1-7H,15H2,(H,16,17)(H,18,19). The van der Waals surface area contributed by atoms with Gasteiger partial charge in [0.25, 0.3) is 0 Å². The van der Waals surface area contributed by atoms with Gasteiger partial charge in [-0.2, -0.15) is 5.10 Å². The molecule has 92 valence electrons. The molecule has 0 saturated heterocycles. The molecular weight excluding hydrogens is 238 g/mol. The second-order valence-corrected chi connectivity index (χ2v) is 4.45. The number of fused-ring (bicyclic) bond motifs is 2. The van der Waals surface area contributed by atoms with Crippen LogP contribution in [0.4, 0.5) is 5.69 Å². The molecule has 0 unspecified atom stereocenters. The Balaban J connectivity index is 2.02. The molecule has 19 heavy (non-hydrogen) atoms. The van der Waals surface area contributed by atoms with Gasteiger partial charge < -0.3 is 10.7 Å². The number of hydrogen-bond donors (Lipinski definition) is 3. The number of imidazole rings is 1. The third-order valence-electron chi connectivity index (χ3n) is 3.24. The zero-order chi connectivity index (χ0) is 12.8. The summed E-state index contributed by atoms with van der Waals surface area (Å²) in [6, 6.07) is 13.7. The Bertz CT molecular complexity index is 887. The average Bonchev–Trinajstić information content (AvgIpc) is 3.02. The average molecular weight is 249 g/mol. The van der Waals surface area contributed by atoms with Crippen molar-refractivity contribution in [1.29, 1.82) is 0 Å². The number of nitrogens with zero attached hydrogens (tertiary/aromatic N) is 2. The zero-order valence-corrected chi connectivity index (χ0v) is 10.0. The Hall–Kier alpha value is -2.82. The third-order valence-corrected chi connectivity index (χ3v) is 3.24. The number of nitrogens with one attached hydrogen (secondary N) is 2. The largest absolute Gasteiger partial charge is 0.397 e. The Morgan fingerprint density at radius 3 is 2.68 bits per heavy atom. The molecule has 4 rings (SSSR count). The second kappa shape index (κ2) is 3.58.